The topological polar surface area (TPSA) is 102 Å². The quantitative estimate of drug-likeness (QED) is 0.615. The van der Waals surface area contributed by atoms with Crippen molar-refractivity contribution in [2.45, 2.75) is 18.9 Å². The van der Waals surface area contributed by atoms with Crippen molar-refractivity contribution in [3.05, 3.63) is 48.2 Å². The van der Waals surface area contributed by atoms with Gasteiger partial charge in [-0.05, 0) is 25.5 Å². The third-order valence-corrected chi connectivity index (χ3v) is 6.26. The Kier molecular flexibility index (Phi) is 5.27. The van der Waals surface area contributed by atoms with Gasteiger partial charge in [-0.25, -0.2) is 13.2 Å². The number of nitrogens with one attached hydrogen (secondary N) is 1. The highest BCUT2D eigenvalue weighted by Crippen LogP contribution is 2.22. The molecule has 0 radical (unpaired) electrons. The van der Waals surface area contributed by atoms with Crippen LogP contribution in [0.1, 0.15) is 18.9 Å². The number of hydrogen-bond acceptors (Lipinski definition) is 6. The van der Waals surface area contributed by atoms with E-state index in [1.165, 1.54) is 6.08 Å². The Morgan fingerprint density at radius 1 is 1.30 bits per heavy atom. The molecule has 0 bridgehead atoms. The van der Waals surface area contributed by atoms with Gasteiger partial charge in [0.15, 0.2) is 16.4 Å². The van der Waals surface area contributed by atoms with Crippen LogP contribution < -0.4 is 5.32 Å². The Bertz CT molecular complexity index is 1010. The van der Waals surface area contributed by atoms with Crippen molar-refractivity contribution in [1.82, 2.24) is 10.3 Å². The average Bonchev–Trinajstić information content (AvgIpc) is 2.90. The maximum absolute atomic E-state index is 12.0. The molecule has 1 unspecified atom stereocenters. The molecule has 2 heterocycles. The molecule has 7 nitrogen and oxygen atoms in total. The molecule has 3 rings (SSSR count). The van der Waals surface area contributed by atoms with Crippen LogP contribution in [0.4, 0.5) is 0 Å². The molecule has 1 aliphatic heterocycles. The van der Waals surface area contributed by atoms with Gasteiger partial charge < -0.3 is 10.1 Å². The van der Waals surface area contributed by atoms with E-state index < -0.39 is 33.9 Å². The van der Waals surface area contributed by atoms with Gasteiger partial charge in [0.2, 0.25) is 0 Å². The van der Waals surface area contributed by atoms with E-state index in [4.69, 9.17) is 4.74 Å². The molecule has 1 N–H and O–H groups in total. The second-order valence-corrected chi connectivity index (χ2v) is 9.00. The number of nitrogens with zero attached hydrogens (tertiary/aromatic N) is 1. The zero-order valence-electron chi connectivity index (χ0n) is 14.8. The monoisotopic (exact) mass is 388 g/mol. The predicted molar refractivity (Wildman–Crippen MR) is 102 cm³/mol. The van der Waals surface area contributed by atoms with E-state index in [2.05, 4.69) is 10.3 Å². The number of carbonyl (C=O) groups excluding carboxylic acids is 2. The normalized spacial score (nSPS) is 21.4. The van der Waals surface area contributed by atoms with Crippen LogP contribution in [0, 0.1) is 0 Å². The number of benzene rings is 1. The number of rotatable bonds is 5. The standard InChI is InChI=1S/C19H20N2O5S/c1-19(9-11-27(24,25)13-19)21-16(22)12-26-17(23)8-7-15-5-2-4-14-6-3-10-20-18(14)15/h2-8,10H,9,11-13H2,1H3,(H,21,22)/b8-7+. The average molecular weight is 388 g/mol. The smallest absolute Gasteiger partial charge is 0.331 e. The predicted octanol–water partition coefficient (Wildman–Crippen LogP) is 1.48. The molecule has 1 fully saturated rings. The second kappa shape index (κ2) is 7.48. The summed E-state index contributed by atoms with van der Waals surface area (Å²) in [4.78, 5) is 28.1. The Labute approximate surface area is 157 Å². The van der Waals surface area contributed by atoms with Gasteiger partial charge >= 0.3 is 5.97 Å². The summed E-state index contributed by atoms with van der Waals surface area (Å²) in [5.41, 5.74) is 0.711. The van der Waals surface area contributed by atoms with Gasteiger partial charge in [-0.15, -0.1) is 0 Å². The molecule has 0 aliphatic carbocycles. The molecule has 1 amide bonds. The molecule has 1 atom stereocenters. The van der Waals surface area contributed by atoms with Crippen molar-refractivity contribution in [3.8, 4) is 0 Å². The summed E-state index contributed by atoms with van der Waals surface area (Å²) in [6.07, 6.45) is 4.84. The first-order valence-corrected chi connectivity index (χ1v) is 10.3. The van der Waals surface area contributed by atoms with E-state index in [1.54, 1.807) is 19.2 Å². The number of fused-ring (bicyclic) bond motifs is 1. The summed E-state index contributed by atoms with van der Waals surface area (Å²) in [7, 11) is -3.13. The highest BCUT2D eigenvalue weighted by molar-refractivity contribution is 7.91. The van der Waals surface area contributed by atoms with Crippen molar-refractivity contribution in [3.63, 3.8) is 0 Å². The summed E-state index contributed by atoms with van der Waals surface area (Å²) in [6.45, 7) is 1.21. The molecular weight excluding hydrogens is 368 g/mol. The second-order valence-electron chi connectivity index (χ2n) is 6.81. The van der Waals surface area contributed by atoms with Crippen LogP contribution >= 0.6 is 0 Å². The largest absolute Gasteiger partial charge is 0.452 e. The van der Waals surface area contributed by atoms with Gasteiger partial charge in [-0.3, -0.25) is 9.78 Å². The Morgan fingerprint density at radius 3 is 2.81 bits per heavy atom. The number of pyridine rings is 1. The van der Waals surface area contributed by atoms with Crippen LogP contribution in [-0.4, -0.2) is 48.9 Å². The first-order chi connectivity index (χ1) is 12.8. The molecule has 1 aliphatic rings. The van der Waals surface area contributed by atoms with E-state index in [-0.39, 0.29) is 11.5 Å². The molecule has 2 aromatic rings. The molecule has 1 saturated heterocycles. The molecule has 0 spiro atoms. The number of aromatic nitrogens is 1. The maximum Gasteiger partial charge on any atom is 0.331 e. The van der Waals surface area contributed by atoms with Crippen molar-refractivity contribution < 1.29 is 22.7 Å². The first kappa shape index (κ1) is 19.0. The highest BCUT2D eigenvalue weighted by Gasteiger charge is 2.39. The number of esters is 1. The lowest BCUT2D eigenvalue weighted by molar-refractivity contribution is -0.144. The lowest BCUT2D eigenvalue weighted by Gasteiger charge is -2.23. The number of ether oxygens (including phenoxy) is 1. The summed E-state index contributed by atoms with van der Waals surface area (Å²) in [5, 5.41) is 3.59. The molecule has 8 heteroatoms. The van der Waals surface area contributed by atoms with Crippen molar-refractivity contribution in [2.75, 3.05) is 18.1 Å². The Morgan fingerprint density at radius 2 is 2.07 bits per heavy atom. The minimum absolute atomic E-state index is 0.0470. The van der Waals surface area contributed by atoms with Crippen LogP contribution in [-0.2, 0) is 24.2 Å². The van der Waals surface area contributed by atoms with Crippen molar-refractivity contribution in [2.24, 2.45) is 0 Å². The Hall–Kier alpha value is -2.74. The summed E-state index contributed by atoms with van der Waals surface area (Å²) >= 11 is 0. The molecule has 1 aromatic heterocycles. The van der Waals surface area contributed by atoms with Crippen LogP contribution in [0.25, 0.3) is 17.0 Å². The lowest BCUT2D eigenvalue weighted by Crippen LogP contribution is -2.48. The molecule has 1 aromatic carbocycles. The fraction of sp³-hybridized carbons (Fsp3) is 0.316. The van der Waals surface area contributed by atoms with Gasteiger partial charge in [-0.1, -0.05) is 24.3 Å². The SMILES string of the molecule is CC1(NC(=O)COC(=O)/C=C/c2cccc3cccnc23)CCS(=O)(=O)C1. The fourth-order valence-corrected chi connectivity index (χ4v) is 5.18. The number of sulfone groups is 1. The van der Waals surface area contributed by atoms with Crippen LogP contribution in [0.5, 0.6) is 0 Å². The minimum Gasteiger partial charge on any atom is -0.452 e. The zero-order chi connectivity index (χ0) is 19.5. The third-order valence-electron chi connectivity index (χ3n) is 4.35. The zero-order valence-corrected chi connectivity index (χ0v) is 15.7. The summed E-state index contributed by atoms with van der Waals surface area (Å²) < 4.78 is 28.0. The van der Waals surface area contributed by atoms with Crippen LogP contribution in [0.15, 0.2) is 42.6 Å². The minimum atomic E-state index is -3.13. The third kappa shape index (κ3) is 4.91. The number of para-hydroxylation sites is 1. The molecular formula is C19H20N2O5S. The summed E-state index contributed by atoms with van der Waals surface area (Å²) in [5.74, 6) is -1.25. The van der Waals surface area contributed by atoms with Crippen LogP contribution in [0.2, 0.25) is 0 Å². The molecule has 27 heavy (non-hydrogen) atoms. The van der Waals surface area contributed by atoms with Gasteiger partial charge in [0.25, 0.3) is 5.91 Å². The van der Waals surface area contributed by atoms with Gasteiger partial charge in [-0.2, -0.15) is 0 Å². The van der Waals surface area contributed by atoms with Crippen molar-refractivity contribution in [1.29, 1.82) is 0 Å². The van der Waals surface area contributed by atoms with E-state index in [0.717, 1.165) is 16.5 Å². The molecule has 142 valence electrons. The number of amides is 1. The van der Waals surface area contributed by atoms with E-state index in [1.807, 2.05) is 30.3 Å². The maximum atomic E-state index is 12.0. The first-order valence-electron chi connectivity index (χ1n) is 8.46. The van der Waals surface area contributed by atoms with Crippen molar-refractivity contribution >= 4 is 38.7 Å². The van der Waals surface area contributed by atoms with Crippen LogP contribution in [0.3, 0.4) is 0 Å². The van der Waals surface area contributed by atoms with E-state index in [0.29, 0.717) is 6.42 Å². The van der Waals surface area contributed by atoms with Gasteiger partial charge in [0.1, 0.15) is 0 Å². The van der Waals surface area contributed by atoms with E-state index in [9.17, 15) is 18.0 Å². The molecule has 0 saturated carbocycles. The van der Waals surface area contributed by atoms with Gasteiger partial charge in [0.05, 0.1) is 22.6 Å². The fourth-order valence-electron chi connectivity index (χ4n) is 3.09. The number of carbonyl (C=O) groups is 2. The van der Waals surface area contributed by atoms with E-state index >= 15 is 0 Å². The van der Waals surface area contributed by atoms with Gasteiger partial charge in [0, 0.05) is 23.2 Å². The highest BCUT2D eigenvalue weighted by atomic mass is 32.2. The summed E-state index contributed by atoms with van der Waals surface area (Å²) in [6, 6.07) is 9.36. The lowest BCUT2D eigenvalue weighted by atomic mass is 10.0. The number of hydrogen-bond donors (Lipinski definition) is 1. The Balaban J connectivity index is 1.55.